The van der Waals surface area contributed by atoms with Gasteiger partial charge in [-0.2, -0.15) is 0 Å². The summed E-state index contributed by atoms with van der Waals surface area (Å²) in [4.78, 5) is 46.0. The summed E-state index contributed by atoms with van der Waals surface area (Å²) in [5.41, 5.74) is 1.35. The molecule has 1 aliphatic carbocycles. The van der Waals surface area contributed by atoms with E-state index in [1.807, 2.05) is 20.1 Å². The van der Waals surface area contributed by atoms with Gasteiger partial charge in [-0.1, -0.05) is 6.92 Å². The van der Waals surface area contributed by atoms with Crippen LogP contribution in [-0.2, 0) is 38.0 Å². The maximum absolute atomic E-state index is 12.3. The number of hydrogen-bond acceptors (Lipinski definition) is 16. The van der Waals surface area contributed by atoms with Crippen molar-refractivity contribution in [1.29, 1.82) is 0 Å². The van der Waals surface area contributed by atoms with E-state index in [-0.39, 0.29) is 41.8 Å². The molecule has 5 aliphatic heterocycles. The van der Waals surface area contributed by atoms with Gasteiger partial charge in [0.15, 0.2) is 23.1 Å². The van der Waals surface area contributed by atoms with Gasteiger partial charge < -0.3 is 47.5 Å². The summed E-state index contributed by atoms with van der Waals surface area (Å²) in [6.07, 6.45) is 10.3. The zero-order chi connectivity index (χ0) is 43.2. The summed E-state index contributed by atoms with van der Waals surface area (Å²) in [6.45, 7) is 18.5. The number of hydrogen-bond donors (Lipinski definition) is 1. The molecule has 4 unspecified atom stereocenters. The highest BCUT2D eigenvalue weighted by atomic mass is 16.7. The molecule has 2 aromatic rings. The monoisotopic (exact) mass is 832 g/mol. The van der Waals surface area contributed by atoms with Crippen LogP contribution in [0.1, 0.15) is 104 Å². The molecular weight excluding hydrogens is 772 g/mol. The van der Waals surface area contributed by atoms with Gasteiger partial charge in [-0.25, -0.2) is 0 Å². The second kappa shape index (κ2) is 21.7. The van der Waals surface area contributed by atoms with Crippen LogP contribution in [0.4, 0.5) is 0 Å². The van der Waals surface area contributed by atoms with Gasteiger partial charge in [0.05, 0.1) is 35.8 Å². The molecule has 2 bridgehead atoms. The van der Waals surface area contributed by atoms with Gasteiger partial charge in [-0.05, 0) is 90.7 Å². The molecule has 7 heterocycles. The van der Waals surface area contributed by atoms with E-state index in [9.17, 15) is 29.8 Å². The molecule has 5 fully saturated rings. The third-order valence-electron chi connectivity index (χ3n) is 9.90. The highest BCUT2D eigenvalue weighted by Gasteiger charge is 2.58. The Kier molecular flexibility index (Phi) is 17.4. The van der Waals surface area contributed by atoms with Crippen molar-refractivity contribution >= 4 is 17.6 Å². The van der Waals surface area contributed by atoms with E-state index in [4.69, 9.17) is 37.3 Å². The fourth-order valence-corrected chi connectivity index (χ4v) is 6.73. The van der Waals surface area contributed by atoms with E-state index in [1.165, 1.54) is 63.1 Å². The highest BCUT2D eigenvalue weighted by molar-refractivity contribution is 5.90. The fraction of sp³-hybridized carbons (Fsp3) is 0.659. The van der Waals surface area contributed by atoms with Gasteiger partial charge >= 0.3 is 0 Å². The molecule has 0 spiro atoms. The van der Waals surface area contributed by atoms with E-state index in [1.54, 1.807) is 58.9 Å². The lowest BCUT2D eigenvalue weighted by Gasteiger charge is -2.45. The summed E-state index contributed by atoms with van der Waals surface area (Å²) < 4.78 is 42.4. The van der Waals surface area contributed by atoms with Gasteiger partial charge in [0, 0.05) is 44.7 Å². The number of nitrogens with zero attached hydrogens (tertiary/aromatic N) is 3. The maximum Gasteiger partial charge on any atom is 0.249 e. The molecule has 1 N–H and O–H groups in total. The quantitative estimate of drug-likeness (QED) is 0.252. The molecule has 328 valence electrons. The lowest BCUT2D eigenvalue weighted by Crippen LogP contribution is -2.61. The molecule has 1 saturated carbocycles. The lowest BCUT2D eigenvalue weighted by atomic mass is 9.77. The van der Waals surface area contributed by atoms with E-state index >= 15 is 0 Å². The molecular formula is C41H60N4O14. The Balaban J connectivity index is 0.000000173. The minimum absolute atomic E-state index is 0.00863. The van der Waals surface area contributed by atoms with Crippen molar-refractivity contribution in [3.63, 3.8) is 0 Å². The number of nitrogens with one attached hydrogen (secondary N) is 1. The van der Waals surface area contributed by atoms with E-state index in [0.717, 1.165) is 13.1 Å². The number of Topliss-reactive ketones (excluding diaryl/α,β-unsaturated/α-hetero) is 2. The van der Waals surface area contributed by atoms with Crippen LogP contribution in [-0.4, -0.2) is 108 Å². The number of nitro groups is 2. The summed E-state index contributed by atoms with van der Waals surface area (Å²) in [5.74, 6) is -1.97. The van der Waals surface area contributed by atoms with Crippen molar-refractivity contribution in [2.75, 3.05) is 46.0 Å². The molecule has 18 nitrogen and oxygen atoms in total. The van der Waals surface area contributed by atoms with Crippen LogP contribution in [0.2, 0.25) is 0 Å². The minimum atomic E-state index is -0.954. The van der Waals surface area contributed by atoms with Crippen molar-refractivity contribution in [3.05, 3.63) is 86.2 Å². The predicted molar refractivity (Wildman–Crippen MR) is 213 cm³/mol. The average molecular weight is 833 g/mol. The number of likely N-dealkylation sites (tertiary alicyclic amines) is 1. The lowest BCUT2D eigenvalue weighted by molar-refractivity contribution is -0.538. The molecule has 59 heavy (non-hydrogen) atoms. The Morgan fingerprint density at radius 1 is 0.847 bits per heavy atom. The van der Waals surface area contributed by atoms with Crippen LogP contribution in [0.25, 0.3) is 6.08 Å². The number of ether oxygens (including phenoxy) is 6. The third kappa shape index (κ3) is 14.9. The standard InChI is InChI=1S/C13H15NO6.C10H17NO2.C8H9NO3.C6H10O3.C4H9N/c1-13(2)19-9-6-7(14(16)17)10(8-4-3-5-18-8)12(20-13)11(9)15;1-10(2)12-7-9(8-13-10)11-5-3-4-6-11;1-2-7(9(10)11)6-8-4-3-5-12-8;1-6(2)8-3-5(7)4-9-6;1-2-4-5-3-1/h3-5,7,9-10,12H,6H2,1-2H3;7H,3-6,8H2,1-2H3;3-6H,2H2,1H3;3-4H2,1-2H3;5H,1-4H2/b;;7-6-;;. The Bertz CT molecular complexity index is 1690. The second-order valence-electron chi connectivity index (χ2n) is 15.9. The average Bonchev–Trinajstić information content (AvgIpc) is 4.03. The van der Waals surface area contributed by atoms with E-state index in [0.29, 0.717) is 24.5 Å². The molecule has 4 saturated heterocycles. The molecule has 0 amide bonds. The Labute approximate surface area is 344 Å². The van der Waals surface area contributed by atoms with Crippen molar-refractivity contribution < 1.29 is 56.7 Å². The molecule has 0 radical (unpaired) electrons. The van der Waals surface area contributed by atoms with Gasteiger partial charge in [0.25, 0.3) is 0 Å². The zero-order valence-electron chi connectivity index (χ0n) is 35.2. The summed E-state index contributed by atoms with van der Waals surface area (Å²) in [7, 11) is 0. The summed E-state index contributed by atoms with van der Waals surface area (Å²) in [6, 6.07) is 5.71. The number of carbonyl (C=O) groups excluding carboxylic acids is 2. The predicted octanol–water partition coefficient (Wildman–Crippen LogP) is 6.22. The first-order valence-corrected chi connectivity index (χ1v) is 20.1. The SMILES string of the molecule is C1CCNC1.CC/C(=C/c1ccco1)[N+](=O)[O-].CC1(C)OC2CC([N+](=O)[O-])C(c3ccco3)C(O1)C2=O.CC1(C)OC=C(N2CCCC2)CO1.CC1(C)OCC(=O)CO1. The number of allylic oxidation sites excluding steroid dienone is 1. The zero-order valence-corrected chi connectivity index (χ0v) is 35.2. The van der Waals surface area contributed by atoms with Gasteiger partial charge in [-0.15, -0.1) is 0 Å². The van der Waals surface area contributed by atoms with E-state index in [2.05, 4.69) is 10.2 Å². The third-order valence-corrected chi connectivity index (χ3v) is 9.90. The van der Waals surface area contributed by atoms with Gasteiger partial charge in [0.1, 0.15) is 49.1 Å². The first-order chi connectivity index (χ1) is 27.9. The van der Waals surface area contributed by atoms with Gasteiger partial charge in [-0.3, -0.25) is 29.8 Å². The highest BCUT2D eigenvalue weighted by Crippen LogP contribution is 2.42. The number of furan rings is 2. The van der Waals surface area contributed by atoms with Crippen LogP contribution >= 0.6 is 0 Å². The Morgan fingerprint density at radius 2 is 1.47 bits per heavy atom. The molecule has 8 rings (SSSR count). The topological polar surface area (TPSA) is 217 Å². The maximum atomic E-state index is 12.3. The summed E-state index contributed by atoms with van der Waals surface area (Å²) >= 11 is 0. The first kappa shape index (κ1) is 47.2. The van der Waals surface area contributed by atoms with Crippen molar-refractivity contribution in [3.8, 4) is 0 Å². The molecule has 0 aromatic carbocycles. The molecule has 6 aliphatic rings. The molecule has 18 heteroatoms. The molecule has 2 aromatic heterocycles. The normalized spacial score (nSPS) is 26.5. The van der Waals surface area contributed by atoms with Crippen LogP contribution in [0, 0.1) is 20.2 Å². The van der Waals surface area contributed by atoms with Crippen molar-refractivity contribution in [1.82, 2.24) is 10.2 Å². The smallest absolute Gasteiger partial charge is 0.249 e. The van der Waals surface area contributed by atoms with Crippen LogP contribution in [0.5, 0.6) is 0 Å². The minimum Gasteiger partial charge on any atom is -0.469 e. The first-order valence-electron chi connectivity index (χ1n) is 20.1. The number of ketones is 2. The van der Waals surface area contributed by atoms with Crippen molar-refractivity contribution in [2.45, 2.75) is 129 Å². The van der Waals surface area contributed by atoms with Crippen LogP contribution in [0.3, 0.4) is 0 Å². The van der Waals surface area contributed by atoms with E-state index < -0.39 is 46.5 Å². The fourth-order valence-electron chi connectivity index (χ4n) is 6.73. The van der Waals surface area contributed by atoms with Gasteiger partial charge in [0.2, 0.25) is 17.5 Å². The summed E-state index contributed by atoms with van der Waals surface area (Å²) in [5, 5.41) is 24.9. The van der Waals surface area contributed by atoms with Crippen molar-refractivity contribution in [2.24, 2.45) is 0 Å². The Morgan fingerprint density at radius 3 is 1.95 bits per heavy atom. The number of fused-ring (bicyclic) bond motifs is 2. The Hall–Kier alpha value is -4.46. The van der Waals surface area contributed by atoms with Crippen LogP contribution < -0.4 is 5.32 Å². The van der Waals surface area contributed by atoms with Crippen LogP contribution in [0.15, 0.2) is 63.3 Å². The molecule has 4 atom stereocenters. The number of carbonyl (C=O) groups is 2. The largest absolute Gasteiger partial charge is 0.469 e. The second-order valence-corrected chi connectivity index (χ2v) is 15.9. The number of rotatable bonds is 6.